The first-order valence-electron chi connectivity index (χ1n) is 3.59. The van der Waals surface area contributed by atoms with Gasteiger partial charge in [-0.15, -0.1) is 0 Å². The van der Waals surface area contributed by atoms with Crippen LogP contribution >= 0.6 is 15.9 Å². The van der Waals surface area contributed by atoms with Gasteiger partial charge in [0.25, 0.3) is 0 Å². The minimum Gasteiger partial charge on any atom is -0.249 e. The molecule has 0 radical (unpaired) electrons. The van der Waals surface area contributed by atoms with Gasteiger partial charge in [-0.25, -0.2) is 4.98 Å². The third kappa shape index (κ3) is 2.69. The van der Waals surface area contributed by atoms with E-state index in [4.69, 9.17) is 0 Å². The van der Waals surface area contributed by atoms with E-state index >= 15 is 0 Å². The van der Waals surface area contributed by atoms with Gasteiger partial charge in [0.2, 0.25) is 0 Å². The van der Waals surface area contributed by atoms with Gasteiger partial charge in [-0.3, -0.25) is 0 Å². The fourth-order valence-electron chi connectivity index (χ4n) is 0.832. The lowest BCUT2D eigenvalue weighted by molar-refractivity contribution is -0.146. The number of nitrogens with zero attached hydrogens (tertiary/aromatic N) is 1. The van der Waals surface area contributed by atoms with Gasteiger partial charge in [0.05, 0.1) is 5.92 Å². The molecule has 1 rings (SSSR count). The van der Waals surface area contributed by atoms with Crippen LogP contribution in [0.4, 0.5) is 13.2 Å². The summed E-state index contributed by atoms with van der Waals surface area (Å²) in [6.45, 7) is 1.12. The lowest BCUT2D eigenvalue weighted by atomic mass is 10.0. The van der Waals surface area contributed by atoms with Crippen LogP contribution in [0.5, 0.6) is 0 Å². The molecule has 0 saturated carbocycles. The first kappa shape index (κ1) is 10.5. The quantitative estimate of drug-likeness (QED) is 0.699. The van der Waals surface area contributed by atoms with Crippen molar-refractivity contribution in [2.24, 2.45) is 0 Å². The summed E-state index contributed by atoms with van der Waals surface area (Å²) in [5, 5.41) is 0. The third-order valence-electron chi connectivity index (χ3n) is 1.74. The number of aromatic nitrogens is 1. The Morgan fingerprint density at radius 3 is 2.38 bits per heavy atom. The van der Waals surface area contributed by atoms with Crippen LogP contribution in [0.15, 0.2) is 22.9 Å². The standard InChI is InChI=1S/C8H7BrF3N/c1-5(8(10,11)12)6-2-3-7(9)13-4-6/h2-5H,1H3/t5-/m0/s1. The molecule has 0 aliphatic rings. The second-order valence-electron chi connectivity index (χ2n) is 2.68. The summed E-state index contributed by atoms with van der Waals surface area (Å²) in [4.78, 5) is 3.73. The number of rotatable bonds is 1. The predicted octanol–water partition coefficient (Wildman–Crippen LogP) is 3.51. The van der Waals surface area contributed by atoms with Crippen LogP contribution in [0.2, 0.25) is 0 Å². The maximum absolute atomic E-state index is 12.2. The number of alkyl halides is 3. The van der Waals surface area contributed by atoms with E-state index < -0.39 is 12.1 Å². The molecule has 1 nitrogen and oxygen atoms in total. The Hall–Kier alpha value is -0.580. The highest BCUT2D eigenvalue weighted by atomic mass is 79.9. The molecule has 0 saturated heterocycles. The molecule has 1 atom stereocenters. The lowest BCUT2D eigenvalue weighted by Gasteiger charge is -2.15. The van der Waals surface area contributed by atoms with Gasteiger partial charge < -0.3 is 0 Å². The van der Waals surface area contributed by atoms with Crippen molar-refractivity contribution in [1.29, 1.82) is 0 Å². The largest absolute Gasteiger partial charge is 0.395 e. The average Bonchev–Trinajstić information content (AvgIpc) is 2.03. The summed E-state index contributed by atoms with van der Waals surface area (Å²) in [5.41, 5.74) is 0.177. The van der Waals surface area contributed by atoms with E-state index in [1.807, 2.05) is 0 Å². The molecule has 0 aliphatic heterocycles. The van der Waals surface area contributed by atoms with E-state index in [1.54, 1.807) is 0 Å². The first-order valence-corrected chi connectivity index (χ1v) is 4.38. The summed E-state index contributed by atoms with van der Waals surface area (Å²) in [6.07, 6.45) is -2.97. The molecule has 0 aromatic carbocycles. The smallest absolute Gasteiger partial charge is 0.249 e. The summed E-state index contributed by atoms with van der Waals surface area (Å²) >= 11 is 3.05. The van der Waals surface area contributed by atoms with Crippen molar-refractivity contribution in [3.05, 3.63) is 28.5 Å². The van der Waals surface area contributed by atoms with Crippen molar-refractivity contribution in [1.82, 2.24) is 4.98 Å². The molecule has 0 amide bonds. The second kappa shape index (κ2) is 3.65. The molecule has 0 aliphatic carbocycles. The fourth-order valence-corrected chi connectivity index (χ4v) is 1.07. The van der Waals surface area contributed by atoms with Gasteiger partial charge >= 0.3 is 6.18 Å². The second-order valence-corrected chi connectivity index (χ2v) is 3.49. The molecule has 0 bridgehead atoms. The van der Waals surface area contributed by atoms with Crippen molar-refractivity contribution in [3.8, 4) is 0 Å². The Morgan fingerprint density at radius 1 is 1.38 bits per heavy atom. The van der Waals surface area contributed by atoms with Gasteiger partial charge in [-0.05, 0) is 34.5 Å². The molecular formula is C8H7BrF3N. The van der Waals surface area contributed by atoms with Crippen molar-refractivity contribution in [3.63, 3.8) is 0 Å². The van der Waals surface area contributed by atoms with Crippen molar-refractivity contribution < 1.29 is 13.2 Å². The van der Waals surface area contributed by atoms with E-state index in [0.717, 1.165) is 6.92 Å². The zero-order valence-corrected chi connectivity index (χ0v) is 8.35. The van der Waals surface area contributed by atoms with Crippen molar-refractivity contribution >= 4 is 15.9 Å². The predicted molar refractivity (Wildman–Crippen MR) is 46.4 cm³/mol. The average molecular weight is 254 g/mol. The summed E-state index contributed by atoms with van der Waals surface area (Å²) in [5.74, 6) is -1.46. The fraction of sp³-hybridized carbons (Fsp3) is 0.375. The number of pyridine rings is 1. The van der Waals surface area contributed by atoms with Crippen LogP contribution in [0.3, 0.4) is 0 Å². The molecule has 1 aromatic heterocycles. The van der Waals surface area contributed by atoms with E-state index in [-0.39, 0.29) is 5.56 Å². The molecule has 0 spiro atoms. The maximum Gasteiger partial charge on any atom is 0.395 e. The summed E-state index contributed by atoms with van der Waals surface area (Å²) in [6, 6.07) is 2.91. The molecule has 13 heavy (non-hydrogen) atoms. The van der Waals surface area contributed by atoms with E-state index in [1.165, 1.54) is 18.3 Å². The molecule has 0 N–H and O–H groups in total. The van der Waals surface area contributed by atoms with Crippen LogP contribution in [0, 0.1) is 0 Å². The Morgan fingerprint density at radius 2 is 2.00 bits per heavy atom. The Labute approximate surface area is 82.1 Å². The Balaban J connectivity index is 2.90. The van der Waals surface area contributed by atoms with Gasteiger partial charge in [-0.1, -0.05) is 6.07 Å². The highest BCUT2D eigenvalue weighted by molar-refractivity contribution is 9.10. The van der Waals surface area contributed by atoms with Crippen molar-refractivity contribution in [2.45, 2.75) is 19.0 Å². The highest BCUT2D eigenvalue weighted by Crippen LogP contribution is 2.33. The molecule has 0 fully saturated rings. The number of halogens is 4. The third-order valence-corrected chi connectivity index (χ3v) is 2.21. The summed E-state index contributed by atoms with van der Waals surface area (Å²) in [7, 11) is 0. The number of hydrogen-bond acceptors (Lipinski definition) is 1. The van der Waals surface area contributed by atoms with Gasteiger partial charge in [0, 0.05) is 6.20 Å². The minimum atomic E-state index is -4.20. The van der Waals surface area contributed by atoms with Crippen LogP contribution in [0.25, 0.3) is 0 Å². The Bertz CT molecular complexity index is 280. The zero-order chi connectivity index (χ0) is 10.1. The van der Waals surface area contributed by atoms with Crippen LogP contribution < -0.4 is 0 Å². The lowest BCUT2D eigenvalue weighted by Crippen LogP contribution is -2.17. The first-order chi connectivity index (χ1) is 5.91. The molecule has 1 aromatic rings. The van der Waals surface area contributed by atoms with Crippen LogP contribution in [0.1, 0.15) is 18.4 Å². The monoisotopic (exact) mass is 253 g/mol. The van der Waals surface area contributed by atoms with E-state index in [0.29, 0.717) is 4.60 Å². The molecule has 0 unspecified atom stereocenters. The maximum atomic E-state index is 12.2. The van der Waals surface area contributed by atoms with Gasteiger partial charge in [-0.2, -0.15) is 13.2 Å². The molecule has 1 heterocycles. The van der Waals surface area contributed by atoms with Gasteiger partial charge in [0.15, 0.2) is 0 Å². The number of hydrogen-bond donors (Lipinski definition) is 0. The molecule has 5 heteroatoms. The van der Waals surface area contributed by atoms with Crippen LogP contribution in [-0.2, 0) is 0 Å². The molecular weight excluding hydrogens is 247 g/mol. The van der Waals surface area contributed by atoms with E-state index in [9.17, 15) is 13.2 Å². The topological polar surface area (TPSA) is 12.9 Å². The minimum absolute atomic E-state index is 0.177. The summed E-state index contributed by atoms with van der Waals surface area (Å²) < 4.78 is 37.1. The SMILES string of the molecule is C[C@@H](c1ccc(Br)nc1)C(F)(F)F. The molecule has 72 valence electrons. The van der Waals surface area contributed by atoms with Crippen molar-refractivity contribution in [2.75, 3.05) is 0 Å². The zero-order valence-electron chi connectivity index (χ0n) is 6.77. The van der Waals surface area contributed by atoms with Crippen LogP contribution in [-0.4, -0.2) is 11.2 Å². The normalized spacial score (nSPS) is 14.2. The van der Waals surface area contributed by atoms with E-state index in [2.05, 4.69) is 20.9 Å². The highest BCUT2D eigenvalue weighted by Gasteiger charge is 2.37. The van der Waals surface area contributed by atoms with Gasteiger partial charge in [0.1, 0.15) is 4.60 Å². The Kier molecular flexibility index (Phi) is 2.95.